The van der Waals surface area contributed by atoms with E-state index in [0.29, 0.717) is 6.54 Å². The highest BCUT2D eigenvalue weighted by molar-refractivity contribution is 7.88. The molecule has 0 aliphatic carbocycles. The molecule has 0 radical (unpaired) electrons. The minimum absolute atomic E-state index is 0.145. The lowest BCUT2D eigenvalue weighted by Gasteiger charge is -2.55. The van der Waals surface area contributed by atoms with Crippen LogP contribution in [-0.2, 0) is 23.6 Å². The van der Waals surface area contributed by atoms with Gasteiger partial charge in [0.1, 0.15) is 0 Å². The highest BCUT2D eigenvalue weighted by atomic mass is 32.2. The van der Waals surface area contributed by atoms with Crippen LogP contribution in [0.25, 0.3) is 0 Å². The summed E-state index contributed by atoms with van der Waals surface area (Å²) < 4.78 is 27.2. The molecule has 2 fully saturated rings. The Morgan fingerprint density at radius 1 is 1.35 bits per heavy atom. The van der Waals surface area contributed by atoms with Crippen LogP contribution in [0.15, 0.2) is 12.4 Å². The van der Waals surface area contributed by atoms with Gasteiger partial charge in [0.25, 0.3) is 0 Å². The minimum Gasteiger partial charge on any atom is -0.297 e. The molecule has 2 aliphatic heterocycles. The monoisotopic (exact) mass is 298 g/mol. The SMILES string of the molecule is Cn1cc(CN2CCC[C@@]3(CCN3S(C)(=O)=O)C2)cn1. The average Bonchev–Trinajstić information content (AvgIpc) is 2.71. The zero-order chi connectivity index (χ0) is 14.4. The van der Waals surface area contributed by atoms with E-state index in [1.54, 1.807) is 8.99 Å². The van der Waals surface area contributed by atoms with Gasteiger partial charge in [0.15, 0.2) is 0 Å². The van der Waals surface area contributed by atoms with Gasteiger partial charge in [-0.3, -0.25) is 9.58 Å². The third-order valence-electron chi connectivity index (χ3n) is 4.51. The zero-order valence-electron chi connectivity index (χ0n) is 12.1. The van der Waals surface area contributed by atoms with Crippen LogP contribution in [0.3, 0.4) is 0 Å². The van der Waals surface area contributed by atoms with Gasteiger partial charge in [-0.15, -0.1) is 0 Å². The quantitative estimate of drug-likeness (QED) is 0.811. The molecule has 3 heterocycles. The fourth-order valence-electron chi connectivity index (χ4n) is 3.60. The van der Waals surface area contributed by atoms with Crippen LogP contribution in [0, 0.1) is 0 Å². The lowest BCUT2D eigenvalue weighted by atomic mass is 9.80. The first-order chi connectivity index (χ1) is 9.39. The van der Waals surface area contributed by atoms with Crippen LogP contribution in [0.5, 0.6) is 0 Å². The van der Waals surface area contributed by atoms with Crippen molar-refractivity contribution >= 4 is 10.0 Å². The van der Waals surface area contributed by atoms with E-state index in [1.165, 1.54) is 11.8 Å². The van der Waals surface area contributed by atoms with E-state index in [2.05, 4.69) is 10.00 Å². The standard InChI is InChI=1S/C13H22N4O2S/c1-15-9-12(8-14-15)10-16-6-3-4-13(11-16)5-7-17(13)20(2,18)19/h8-9H,3-7,10-11H2,1-2H3/t13-/m1/s1. The molecule has 0 N–H and O–H groups in total. The minimum atomic E-state index is -3.08. The fourth-order valence-corrected chi connectivity index (χ4v) is 4.96. The first kappa shape index (κ1) is 14.0. The summed E-state index contributed by atoms with van der Waals surface area (Å²) >= 11 is 0. The molecule has 2 saturated heterocycles. The number of aryl methyl sites for hydroxylation is 1. The Balaban J connectivity index is 1.71. The number of hydrogen-bond donors (Lipinski definition) is 0. The first-order valence-electron chi connectivity index (χ1n) is 7.07. The third kappa shape index (κ3) is 2.49. The number of piperidine rings is 1. The molecule has 2 aliphatic rings. The molecule has 0 saturated carbocycles. The number of likely N-dealkylation sites (tertiary alicyclic amines) is 1. The highest BCUT2D eigenvalue weighted by Gasteiger charge is 2.51. The number of rotatable bonds is 3. The Morgan fingerprint density at radius 3 is 2.70 bits per heavy atom. The molecule has 1 atom stereocenters. The van der Waals surface area contributed by atoms with E-state index in [4.69, 9.17) is 0 Å². The summed E-state index contributed by atoms with van der Waals surface area (Å²) in [7, 11) is -1.16. The number of aromatic nitrogens is 2. The largest absolute Gasteiger partial charge is 0.297 e. The van der Waals surface area contributed by atoms with Crippen molar-refractivity contribution in [3.63, 3.8) is 0 Å². The van der Waals surface area contributed by atoms with Gasteiger partial charge in [-0.2, -0.15) is 9.40 Å². The van der Waals surface area contributed by atoms with Gasteiger partial charge in [-0.25, -0.2) is 8.42 Å². The lowest BCUT2D eigenvalue weighted by molar-refractivity contribution is -0.00794. The summed E-state index contributed by atoms with van der Waals surface area (Å²) in [6.07, 6.45) is 8.28. The van der Waals surface area contributed by atoms with E-state index in [9.17, 15) is 8.42 Å². The zero-order valence-corrected chi connectivity index (χ0v) is 12.9. The normalized spacial score (nSPS) is 28.7. The van der Waals surface area contributed by atoms with E-state index in [-0.39, 0.29) is 5.54 Å². The lowest BCUT2D eigenvalue weighted by Crippen LogP contribution is -2.67. The van der Waals surface area contributed by atoms with E-state index >= 15 is 0 Å². The van der Waals surface area contributed by atoms with Crippen LogP contribution in [0.1, 0.15) is 24.8 Å². The van der Waals surface area contributed by atoms with Crippen molar-refractivity contribution in [3.05, 3.63) is 18.0 Å². The predicted octanol–water partition coefficient (Wildman–Crippen LogP) is 0.420. The van der Waals surface area contributed by atoms with Crippen molar-refractivity contribution in [1.29, 1.82) is 0 Å². The molecule has 112 valence electrons. The van der Waals surface area contributed by atoms with Gasteiger partial charge in [-0.05, 0) is 25.8 Å². The Kier molecular flexibility index (Phi) is 3.38. The van der Waals surface area contributed by atoms with Gasteiger partial charge >= 0.3 is 0 Å². The van der Waals surface area contributed by atoms with Crippen molar-refractivity contribution in [3.8, 4) is 0 Å². The van der Waals surface area contributed by atoms with E-state index in [0.717, 1.165) is 38.9 Å². The molecule has 1 spiro atoms. The van der Waals surface area contributed by atoms with Crippen LogP contribution in [0.4, 0.5) is 0 Å². The summed E-state index contributed by atoms with van der Waals surface area (Å²) in [5.41, 5.74) is 1.04. The van der Waals surface area contributed by atoms with Gasteiger partial charge in [0.2, 0.25) is 10.0 Å². The Morgan fingerprint density at radius 2 is 2.15 bits per heavy atom. The molecule has 20 heavy (non-hydrogen) atoms. The van der Waals surface area contributed by atoms with Crippen molar-refractivity contribution < 1.29 is 8.42 Å². The molecule has 1 aromatic rings. The van der Waals surface area contributed by atoms with Crippen LogP contribution in [-0.4, -0.2) is 58.8 Å². The van der Waals surface area contributed by atoms with Crippen LogP contribution in [0.2, 0.25) is 0 Å². The third-order valence-corrected chi connectivity index (χ3v) is 5.88. The molecule has 3 rings (SSSR count). The summed E-state index contributed by atoms with van der Waals surface area (Å²) in [4.78, 5) is 2.36. The maximum absolute atomic E-state index is 11.8. The van der Waals surface area contributed by atoms with Crippen LogP contribution < -0.4 is 0 Å². The Labute approximate surface area is 120 Å². The number of sulfonamides is 1. The molecule has 0 unspecified atom stereocenters. The molecule has 0 aromatic carbocycles. The van der Waals surface area contributed by atoms with Crippen molar-refractivity contribution in [2.75, 3.05) is 25.9 Å². The van der Waals surface area contributed by atoms with E-state index in [1.807, 2.05) is 19.4 Å². The maximum Gasteiger partial charge on any atom is 0.211 e. The highest BCUT2D eigenvalue weighted by Crippen LogP contribution is 2.40. The molecular weight excluding hydrogens is 276 g/mol. The first-order valence-corrected chi connectivity index (χ1v) is 8.92. The average molecular weight is 298 g/mol. The summed E-state index contributed by atoms with van der Waals surface area (Å²) in [6.45, 7) is 3.41. The maximum atomic E-state index is 11.8. The molecule has 0 bridgehead atoms. The second-order valence-electron chi connectivity index (χ2n) is 6.15. The smallest absolute Gasteiger partial charge is 0.211 e. The number of hydrogen-bond acceptors (Lipinski definition) is 4. The Hall–Kier alpha value is -0.920. The van der Waals surface area contributed by atoms with Gasteiger partial charge in [-0.1, -0.05) is 0 Å². The van der Waals surface area contributed by atoms with E-state index < -0.39 is 10.0 Å². The molecule has 0 amide bonds. The van der Waals surface area contributed by atoms with Gasteiger partial charge < -0.3 is 0 Å². The second kappa shape index (κ2) is 4.82. The topological polar surface area (TPSA) is 58.4 Å². The molecule has 1 aromatic heterocycles. The Bertz CT molecular complexity index is 597. The van der Waals surface area contributed by atoms with Crippen LogP contribution >= 0.6 is 0 Å². The molecule has 7 heteroatoms. The molecule has 6 nitrogen and oxygen atoms in total. The fraction of sp³-hybridized carbons (Fsp3) is 0.769. The summed E-state index contributed by atoms with van der Waals surface area (Å²) in [6, 6.07) is 0. The van der Waals surface area contributed by atoms with Gasteiger partial charge in [0.05, 0.1) is 12.5 Å². The number of nitrogens with zero attached hydrogens (tertiary/aromatic N) is 4. The van der Waals surface area contributed by atoms with Crippen molar-refractivity contribution in [1.82, 2.24) is 19.0 Å². The van der Waals surface area contributed by atoms with Gasteiger partial charge in [0, 0.05) is 44.0 Å². The second-order valence-corrected chi connectivity index (χ2v) is 8.05. The predicted molar refractivity (Wildman–Crippen MR) is 76.6 cm³/mol. The summed E-state index contributed by atoms with van der Waals surface area (Å²) in [5.74, 6) is 0. The summed E-state index contributed by atoms with van der Waals surface area (Å²) in [5, 5.41) is 4.19. The van der Waals surface area contributed by atoms with Crippen molar-refractivity contribution in [2.45, 2.75) is 31.3 Å². The molecular formula is C13H22N4O2S. The van der Waals surface area contributed by atoms with Crippen molar-refractivity contribution in [2.24, 2.45) is 7.05 Å².